The van der Waals surface area contributed by atoms with E-state index in [9.17, 15) is 28.0 Å². The van der Waals surface area contributed by atoms with Crippen molar-refractivity contribution >= 4 is 46.1 Å². The highest BCUT2D eigenvalue weighted by Gasteiger charge is 2.37. The second kappa shape index (κ2) is 10.2. The molecule has 0 bridgehead atoms. The Labute approximate surface area is 219 Å². The minimum atomic E-state index is -2.98. The van der Waals surface area contributed by atoms with E-state index in [1.165, 1.54) is 29.8 Å². The number of likely N-dealkylation sites (tertiary alicyclic amines) is 1. The van der Waals surface area contributed by atoms with Gasteiger partial charge in [-0.25, -0.2) is 18.4 Å². The number of carbonyl (C=O) groups is 4. The van der Waals surface area contributed by atoms with Crippen LogP contribution in [-0.4, -0.2) is 63.9 Å². The Morgan fingerprint density at radius 1 is 1.11 bits per heavy atom. The number of benzene rings is 1. The maximum atomic E-state index is 13.9. The predicted molar refractivity (Wildman–Crippen MR) is 138 cm³/mol. The number of fused-ring (bicyclic) bond motifs is 1. The van der Waals surface area contributed by atoms with Crippen LogP contribution in [0, 0.1) is 0 Å². The average molecular weight is 534 g/mol. The van der Waals surface area contributed by atoms with E-state index in [4.69, 9.17) is 4.74 Å². The molecule has 1 aliphatic heterocycles. The Morgan fingerprint density at radius 2 is 1.79 bits per heavy atom. The standard InChI is InChI=1S/C26H33F2N5O5/c1-15(34)18-12-33(13-22(35)38-25(2,3)4)21-11-20(31-24(37)32-9-5-8-26(27,28)14-32)19(10-17(18)21)30-23(36)29-16-6-7-16/h10-12,16H,5-9,13-14H2,1-4H3,(H,31,37)(H2,29,30,36). The lowest BCUT2D eigenvalue weighted by Crippen LogP contribution is -2.47. The summed E-state index contributed by atoms with van der Waals surface area (Å²) in [4.78, 5) is 51.5. The predicted octanol–water partition coefficient (Wildman–Crippen LogP) is 4.73. The number of Topliss-reactive ketones (excluding diaryl/α,β-unsaturated/α-hetero) is 1. The van der Waals surface area contributed by atoms with Crippen LogP contribution in [0.4, 0.5) is 29.7 Å². The number of esters is 1. The summed E-state index contributed by atoms with van der Waals surface area (Å²) in [5, 5.41) is 8.58. The zero-order valence-electron chi connectivity index (χ0n) is 22.0. The molecule has 0 radical (unpaired) electrons. The number of carbonyl (C=O) groups excluding carboxylic acids is 4. The molecule has 1 aromatic carbocycles. The summed E-state index contributed by atoms with van der Waals surface area (Å²) in [5.74, 6) is -3.78. The van der Waals surface area contributed by atoms with E-state index < -0.39 is 36.1 Å². The lowest BCUT2D eigenvalue weighted by atomic mass is 10.1. The lowest BCUT2D eigenvalue weighted by Gasteiger charge is -2.32. The van der Waals surface area contributed by atoms with Crippen molar-refractivity contribution < 1.29 is 32.7 Å². The van der Waals surface area contributed by atoms with Crippen LogP contribution in [-0.2, 0) is 16.1 Å². The molecule has 1 aromatic heterocycles. The van der Waals surface area contributed by atoms with Crippen molar-refractivity contribution in [2.45, 2.75) is 77.5 Å². The second-order valence-electron chi connectivity index (χ2n) is 10.9. The summed E-state index contributed by atoms with van der Waals surface area (Å²) in [6.45, 7) is 5.84. The summed E-state index contributed by atoms with van der Waals surface area (Å²) in [6.07, 6.45) is 3.11. The zero-order valence-corrected chi connectivity index (χ0v) is 22.0. The molecule has 1 aliphatic carbocycles. The number of ketones is 1. The smallest absolute Gasteiger partial charge is 0.326 e. The van der Waals surface area contributed by atoms with Gasteiger partial charge < -0.3 is 30.2 Å². The van der Waals surface area contributed by atoms with E-state index in [1.54, 1.807) is 20.8 Å². The van der Waals surface area contributed by atoms with Gasteiger partial charge in [-0.05, 0) is 59.1 Å². The largest absolute Gasteiger partial charge is 0.459 e. The first-order valence-electron chi connectivity index (χ1n) is 12.6. The quantitative estimate of drug-likeness (QED) is 0.366. The highest BCUT2D eigenvalue weighted by molar-refractivity contribution is 6.11. The van der Waals surface area contributed by atoms with Gasteiger partial charge in [-0.3, -0.25) is 9.59 Å². The normalized spacial score (nSPS) is 17.2. The molecular formula is C26H33F2N5O5. The molecule has 3 N–H and O–H groups in total. The fourth-order valence-corrected chi connectivity index (χ4v) is 4.37. The van der Waals surface area contributed by atoms with E-state index >= 15 is 0 Å². The summed E-state index contributed by atoms with van der Waals surface area (Å²) in [7, 11) is 0. The number of rotatable bonds is 6. The van der Waals surface area contributed by atoms with Crippen LogP contribution in [0.2, 0.25) is 0 Å². The second-order valence-corrected chi connectivity index (χ2v) is 10.9. The summed E-state index contributed by atoms with van der Waals surface area (Å²) in [6, 6.07) is 1.87. The highest BCUT2D eigenvalue weighted by atomic mass is 19.3. The maximum Gasteiger partial charge on any atom is 0.326 e. The number of urea groups is 2. The van der Waals surface area contributed by atoms with Gasteiger partial charge in [0.2, 0.25) is 0 Å². The van der Waals surface area contributed by atoms with E-state index in [0.717, 1.165) is 17.7 Å². The van der Waals surface area contributed by atoms with Gasteiger partial charge in [0.25, 0.3) is 5.92 Å². The van der Waals surface area contributed by atoms with E-state index in [-0.39, 0.29) is 49.1 Å². The molecule has 1 saturated heterocycles. The Morgan fingerprint density at radius 3 is 2.39 bits per heavy atom. The van der Waals surface area contributed by atoms with Gasteiger partial charge in [0.05, 0.1) is 23.4 Å². The molecule has 206 valence electrons. The Kier molecular flexibility index (Phi) is 7.35. The van der Waals surface area contributed by atoms with Crippen LogP contribution in [0.15, 0.2) is 18.3 Å². The molecule has 4 rings (SSSR count). The Hall–Kier alpha value is -3.70. The number of amides is 4. The van der Waals surface area contributed by atoms with Crippen molar-refractivity contribution in [2.24, 2.45) is 0 Å². The fourth-order valence-electron chi connectivity index (χ4n) is 4.37. The van der Waals surface area contributed by atoms with Crippen molar-refractivity contribution in [3.8, 4) is 0 Å². The number of ether oxygens (including phenoxy) is 1. The first-order chi connectivity index (χ1) is 17.7. The average Bonchev–Trinajstić information content (AvgIpc) is 3.52. The SMILES string of the molecule is CC(=O)c1cn(CC(=O)OC(C)(C)C)c2cc(NC(=O)N3CCCC(F)(F)C3)c(NC(=O)NC3CC3)cc12. The molecule has 0 unspecified atom stereocenters. The van der Waals surface area contributed by atoms with Gasteiger partial charge in [-0.1, -0.05) is 0 Å². The van der Waals surface area contributed by atoms with Crippen LogP contribution in [0.5, 0.6) is 0 Å². The van der Waals surface area contributed by atoms with E-state index in [0.29, 0.717) is 16.5 Å². The number of hydrogen-bond donors (Lipinski definition) is 3. The topological polar surface area (TPSA) is 122 Å². The minimum Gasteiger partial charge on any atom is -0.459 e. The number of nitrogens with one attached hydrogen (secondary N) is 3. The van der Waals surface area contributed by atoms with Crippen LogP contribution in [0.1, 0.15) is 63.7 Å². The first-order valence-corrected chi connectivity index (χ1v) is 12.6. The molecular weight excluding hydrogens is 500 g/mol. The molecule has 0 spiro atoms. The molecule has 2 aliphatic rings. The third kappa shape index (κ3) is 6.78. The van der Waals surface area contributed by atoms with Crippen molar-refractivity contribution in [3.63, 3.8) is 0 Å². The number of anilines is 2. The fraction of sp³-hybridized carbons (Fsp3) is 0.538. The number of nitrogens with zero attached hydrogens (tertiary/aromatic N) is 2. The molecule has 2 heterocycles. The van der Waals surface area contributed by atoms with Crippen LogP contribution >= 0.6 is 0 Å². The monoisotopic (exact) mass is 533 g/mol. The van der Waals surface area contributed by atoms with Crippen LogP contribution in [0.3, 0.4) is 0 Å². The first kappa shape index (κ1) is 27.3. The molecule has 1 saturated carbocycles. The van der Waals surface area contributed by atoms with Gasteiger partial charge >= 0.3 is 18.0 Å². The Balaban J connectivity index is 1.71. The maximum absolute atomic E-state index is 13.9. The molecule has 2 aromatic rings. The van der Waals surface area contributed by atoms with Crippen LogP contribution in [0.25, 0.3) is 10.9 Å². The van der Waals surface area contributed by atoms with Gasteiger partial charge in [0.15, 0.2) is 5.78 Å². The number of halogens is 2. The Bertz CT molecular complexity index is 1280. The van der Waals surface area contributed by atoms with Gasteiger partial charge in [-0.2, -0.15) is 0 Å². The van der Waals surface area contributed by atoms with Gasteiger partial charge in [0.1, 0.15) is 12.1 Å². The van der Waals surface area contributed by atoms with Crippen molar-refractivity contribution in [2.75, 3.05) is 23.7 Å². The third-order valence-electron chi connectivity index (χ3n) is 6.20. The number of alkyl halides is 2. The van der Waals surface area contributed by atoms with Crippen molar-refractivity contribution in [1.82, 2.24) is 14.8 Å². The van der Waals surface area contributed by atoms with E-state index in [2.05, 4.69) is 16.0 Å². The van der Waals surface area contributed by atoms with Crippen LogP contribution < -0.4 is 16.0 Å². The van der Waals surface area contributed by atoms with Crippen molar-refractivity contribution in [1.29, 1.82) is 0 Å². The third-order valence-corrected chi connectivity index (χ3v) is 6.20. The van der Waals surface area contributed by atoms with Crippen molar-refractivity contribution in [3.05, 3.63) is 23.9 Å². The molecule has 10 nitrogen and oxygen atoms in total. The number of hydrogen-bond acceptors (Lipinski definition) is 5. The molecule has 0 atom stereocenters. The lowest BCUT2D eigenvalue weighted by molar-refractivity contribution is -0.155. The summed E-state index contributed by atoms with van der Waals surface area (Å²) >= 11 is 0. The summed E-state index contributed by atoms with van der Waals surface area (Å²) < 4.78 is 34.8. The minimum absolute atomic E-state index is 0.0649. The van der Waals surface area contributed by atoms with Gasteiger partial charge in [-0.15, -0.1) is 0 Å². The molecule has 38 heavy (non-hydrogen) atoms. The molecule has 4 amide bonds. The number of piperidine rings is 1. The number of aromatic nitrogens is 1. The highest BCUT2D eigenvalue weighted by Crippen LogP contribution is 2.34. The van der Waals surface area contributed by atoms with Gasteiger partial charge in [0, 0.05) is 36.2 Å². The summed E-state index contributed by atoms with van der Waals surface area (Å²) in [5.41, 5.74) is 0.341. The molecule has 12 heteroatoms. The van der Waals surface area contributed by atoms with E-state index in [1.807, 2.05) is 0 Å². The zero-order chi connectivity index (χ0) is 27.8. The molecule has 2 fully saturated rings.